The molecule has 0 bridgehead atoms. The van der Waals surface area contributed by atoms with E-state index in [2.05, 4.69) is 41.6 Å². The van der Waals surface area contributed by atoms with Gasteiger partial charge in [0.05, 0.1) is 31.7 Å². The van der Waals surface area contributed by atoms with Crippen LogP contribution in [0.4, 0.5) is 0 Å². The van der Waals surface area contributed by atoms with Crippen LogP contribution >= 0.6 is 11.8 Å². The lowest BCUT2D eigenvalue weighted by Crippen LogP contribution is -2.32. The summed E-state index contributed by atoms with van der Waals surface area (Å²) in [6.07, 6.45) is 5.62. The molecule has 7 heteroatoms. The molecule has 1 fully saturated rings. The number of carbonyl (C=O) groups is 1. The summed E-state index contributed by atoms with van der Waals surface area (Å²) >= 11 is 1.48. The molecule has 0 aliphatic carbocycles. The fourth-order valence-electron chi connectivity index (χ4n) is 4.35. The number of rotatable bonds is 7. The number of ether oxygens (including phenoxy) is 2. The van der Waals surface area contributed by atoms with Crippen LogP contribution in [0.25, 0.3) is 5.69 Å². The van der Waals surface area contributed by atoms with Crippen LogP contribution in [0, 0.1) is 13.8 Å². The van der Waals surface area contributed by atoms with E-state index in [0.29, 0.717) is 5.75 Å². The van der Waals surface area contributed by atoms with Gasteiger partial charge in [0, 0.05) is 24.5 Å². The number of hydrogen-bond acceptors (Lipinski definition) is 5. The number of thioether (sulfide) groups is 1. The Labute approximate surface area is 193 Å². The average Bonchev–Trinajstić information content (AvgIpc) is 3.47. The smallest absolute Gasteiger partial charge is 0.233 e. The van der Waals surface area contributed by atoms with Gasteiger partial charge >= 0.3 is 0 Å². The van der Waals surface area contributed by atoms with E-state index in [1.165, 1.54) is 22.9 Å². The molecule has 3 aromatic rings. The molecule has 0 spiro atoms. The summed E-state index contributed by atoms with van der Waals surface area (Å²) in [6.45, 7) is 4.93. The van der Waals surface area contributed by atoms with Crippen molar-refractivity contribution in [1.29, 1.82) is 0 Å². The van der Waals surface area contributed by atoms with Gasteiger partial charge in [-0.2, -0.15) is 0 Å². The number of hydrogen-bond donors (Lipinski definition) is 0. The molecule has 1 aliphatic rings. The molecule has 1 atom stereocenters. The molecule has 6 nitrogen and oxygen atoms in total. The number of carbonyl (C=O) groups excluding carboxylic acids is 1. The third kappa shape index (κ3) is 4.48. The van der Waals surface area contributed by atoms with Gasteiger partial charge in [-0.3, -0.25) is 9.36 Å². The normalized spacial score (nSPS) is 15.8. The van der Waals surface area contributed by atoms with E-state index >= 15 is 0 Å². The third-order valence-corrected chi connectivity index (χ3v) is 6.86. The lowest BCUT2D eigenvalue weighted by molar-refractivity contribution is -0.129. The standard InChI is InChI=1S/C25H29N3O3S/c1-17-7-9-21(18(2)14-17)28-13-11-26-25(28)32-16-24(29)27-12-5-6-22(27)20-15-19(30-3)8-10-23(20)31-4/h7-11,13-15,22H,5-6,12,16H2,1-4H3. The number of imidazole rings is 1. The second kappa shape index (κ2) is 9.69. The SMILES string of the molecule is COc1ccc(OC)c(C2CCCN2C(=O)CSc2nccn2-c2ccc(C)cc2C)c1. The van der Waals surface area contributed by atoms with Crippen LogP contribution < -0.4 is 9.47 Å². The van der Waals surface area contributed by atoms with E-state index in [1.807, 2.05) is 29.3 Å². The van der Waals surface area contributed by atoms with Crippen molar-refractivity contribution in [2.45, 2.75) is 37.9 Å². The molecule has 1 aliphatic heterocycles. The van der Waals surface area contributed by atoms with Gasteiger partial charge in [0.25, 0.3) is 0 Å². The quantitative estimate of drug-likeness (QED) is 0.475. The van der Waals surface area contributed by atoms with Crippen molar-refractivity contribution in [2.24, 2.45) is 0 Å². The molecule has 1 unspecified atom stereocenters. The number of amides is 1. The monoisotopic (exact) mass is 451 g/mol. The Balaban J connectivity index is 1.50. The maximum absolute atomic E-state index is 13.2. The van der Waals surface area contributed by atoms with Crippen LogP contribution in [0.15, 0.2) is 53.9 Å². The van der Waals surface area contributed by atoms with Gasteiger partial charge in [-0.25, -0.2) is 4.98 Å². The molecule has 168 valence electrons. The summed E-state index contributed by atoms with van der Waals surface area (Å²) in [5.41, 5.74) is 4.49. The van der Waals surface area contributed by atoms with E-state index in [-0.39, 0.29) is 11.9 Å². The van der Waals surface area contributed by atoms with E-state index in [4.69, 9.17) is 9.47 Å². The van der Waals surface area contributed by atoms with Crippen LogP contribution in [0.3, 0.4) is 0 Å². The zero-order valence-corrected chi connectivity index (χ0v) is 19.8. The fraction of sp³-hybridized carbons (Fsp3) is 0.360. The summed E-state index contributed by atoms with van der Waals surface area (Å²) in [5, 5.41) is 0.819. The lowest BCUT2D eigenvalue weighted by atomic mass is 10.0. The first-order chi connectivity index (χ1) is 15.5. The lowest BCUT2D eigenvalue weighted by Gasteiger charge is -2.26. The van der Waals surface area contributed by atoms with Crippen LogP contribution in [0.2, 0.25) is 0 Å². The number of likely N-dealkylation sites (tertiary alicyclic amines) is 1. The van der Waals surface area contributed by atoms with Crippen LogP contribution in [-0.2, 0) is 4.79 Å². The van der Waals surface area contributed by atoms with Crippen molar-refractivity contribution in [1.82, 2.24) is 14.5 Å². The van der Waals surface area contributed by atoms with Gasteiger partial charge in [0.2, 0.25) is 5.91 Å². The number of nitrogens with zero attached hydrogens (tertiary/aromatic N) is 3. The van der Waals surface area contributed by atoms with Crippen molar-refractivity contribution in [2.75, 3.05) is 26.5 Å². The molecule has 1 amide bonds. The number of methoxy groups -OCH3 is 2. The Morgan fingerprint density at radius 1 is 1.16 bits per heavy atom. The Hall–Kier alpha value is -2.93. The van der Waals surface area contributed by atoms with E-state index in [1.54, 1.807) is 20.4 Å². The zero-order chi connectivity index (χ0) is 22.7. The van der Waals surface area contributed by atoms with E-state index in [0.717, 1.165) is 47.3 Å². The highest BCUT2D eigenvalue weighted by Gasteiger charge is 2.32. The van der Waals surface area contributed by atoms with Crippen LogP contribution in [0.1, 0.15) is 35.6 Å². The molecule has 0 radical (unpaired) electrons. The predicted molar refractivity (Wildman–Crippen MR) is 127 cm³/mol. The Kier molecular flexibility index (Phi) is 6.74. The highest BCUT2D eigenvalue weighted by Crippen LogP contribution is 2.39. The average molecular weight is 452 g/mol. The summed E-state index contributed by atoms with van der Waals surface area (Å²) < 4.78 is 13.0. The largest absolute Gasteiger partial charge is 0.497 e. The number of benzene rings is 2. The first-order valence-electron chi connectivity index (χ1n) is 10.8. The molecular formula is C25H29N3O3S. The minimum absolute atomic E-state index is 0.00719. The molecule has 0 N–H and O–H groups in total. The van der Waals surface area contributed by atoms with Crippen molar-refractivity contribution in [3.05, 3.63) is 65.5 Å². The van der Waals surface area contributed by atoms with Crippen LogP contribution in [0.5, 0.6) is 11.5 Å². The van der Waals surface area contributed by atoms with Crippen molar-refractivity contribution >= 4 is 17.7 Å². The number of aryl methyl sites for hydroxylation is 2. The second-order valence-corrected chi connectivity index (χ2v) is 8.95. The molecule has 1 aromatic heterocycles. The van der Waals surface area contributed by atoms with Gasteiger partial charge in [-0.15, -0.1) is 0 Å². The zero-order valence-electron chi connectivity index (χ0n) is 19.0. The van der Waals surface area contributed by atoms with Gasteiger partial charge in [0.15, 0.2) is 5.16 Å². The first kappa shape index (κ1) is 22.3. The van der Waals surface area contributed by atoms with Crippen molar-refractivity contribution < 1.29 is 14.3 Å². The third-order valence-electron chi connectivity index (χ3n) is 5.91. The number of aromatic nitrogens is 2. The van der Waals surface area contributed by atoms with E-state index in [9.17, 15) is 4.79 Å². The maximum Gasteiger partial charge on any atom is 0.233 e. The summed E-state index contributed by atoms with van der Waals surface area (Å²) in [5.74, 6) is 2.00. The van der Waals surface area contributed by atoms with Gasteiger partial charge in [0.1, 0.15) is 11.5 Å². The topological polar surface area (TPSA) is 56.6 Å². The molecule has 32 heavy (non-hydrogen) atoms. The maximum atomic E-state index is 13.2. The molecule has 2 heterocycles. The van der Waals surface area contributed by atoms with Crippen molar-refractivity contribution in [3.8, 4) is 17.2 Å². The molecule has 2 aromatic carbocycles. The minimum Gasteiger partial charge on any atom is -0.497 e. The molecule has 1 saturated heterocycles. The first-order valence-corrected chi connectivity index (χ1v) is 11.8. The fourth-order valence-corrected chi connectivity index (χ4v) is 5.21. The van der Waals surface area contributed by atoms with Gasteiger partial charge < -0.3 is 14.4 Å². The molecular weight excluding hydrogens is 422 g/mol. The summed E-state index contributed by atoms with van der Waals surface area (Å²) in [4.78, 5) is 19.7. The Morgan fingerprint density at radius 3 is 2.75 bits per heavy atom. The van der Waals surface area contributed by atoms with Gasteiger partial charge in [-0.1, -0.05) is 29.5 Å². The highest BCUT2D eigenvalue weighted by molar-refractivity contribution is 7.99. The Bertz CT molecular complexity index is 1110. The summed E-state index contributed by atoms with van der Waals surface area (Å²) in [7, 11) is 3.31. The summed E-state index contributed by atoms with van der Waals surface area (Å²) in [6, 6.07) is 12.1. The molecule has 0 saturated carbocycles. The minimum atomic E-state index is -0.00719. The second-order valence-electron chi connectivity index (χ2n) is 8.01. The predicted octanol–water partition coefficient (Wildman–Crippen LogP) is 4.96. The van der Waals surface area contributed by atoms with Crippen molar-refractivity contribution in [3.63, 3.8) is 0 Å². The van der Waals surface area contributed by atoms with Gasteiger partial charge in [-0.05, 0) is 56.5 Å². The highest BCUT2D eigenvalue weighted by atomic mass is 32.2. The van der Waals surface area contributed by atoms with E-state index < -0.39 is 0 Å². The van der Waals surface area contributed by atoms with Crippen LogP contribution in [-0.4, -0.2) is 46.9 Å². The molecule has 4 rings (SSSR count). The Morgan fingerprint density at radius 2 is 2.00 bits per heavy atom.